The van der Waals surface area contributed by atoms with Crippen molar-refractivity contribution in [2.24, 2.45) is 5.92 Å². The van der Waals surface area contributed by atoms with E-state index in [0.717, 1.165) is 19.3 Å². The second kappa shape index (κ2) is 6.25. The molecule has 0 amide bonds. The highest BCUT2D eigenvalue weighted by Crippen LogP contribution is 2.24. The Morgan fingerprint density at radius 2 is 2.00 bits per heavy atom. The van der Waals surface area contributed by atoms with E-state index in [2.05, 4.69) is 0 Å². The van der Waals surface area contributed by atoms with Gasteiger partial charge in [-0.05, 0) is 19.3 Å². The van der Waals surface area contributed by atoms with Crippen LogP contribution in [0.25, 0.3) is 0 Å². The van der Waals surface area contributed by atoms with Gasteiger partial charge in [-0.2, -0.15) is 0 Å². The average molecular weight is 205 g/mol. The summed E-state index contributed by atoms with van der Waals surface area (Å²) in [6.07, 6.45) is 6.41. The lowest BCUT2D eigenvalue weighted by Crippen LogP contribution is -2.20. The molecule has 0 aromatic rings. The fraction of sp³-hybridized carbons (Fsp3) is 0.900. The van der Waals surface area contributed by atoms with Gasteiger partial charge in [0.15, 0.2) is 0 Å². The molecule has 0 spiro atoms. The van der Waals surface area contributed by atoms with Crippen molar-refractivity contribution in [3.8, 4) is 0 Å². The number of carbonyl (C=O) groups is 1. The van der Waals surface area contributed by atoms with E-state index >= 15 is 0 Å². The molecule has 1 fully saturated rings. The number of halogens is 1. The molecular formula is C10H17ClO2. The number of rotatable bonds is 4. The molecule has 3 heteroatoms. The Morgan fingerprint density at radius 3 is 2.62 bits per heavy atom. The van der Waals surface area contributed by atoms with Crippen LogP contribution < -0.4 is 0 Å². The van der Waals surface area contributed by atoms with Gasteiger partial charge in [-0.15, -0.1) is 11.6 Å². The second-order valence-electron chi connectivity index (χ2n) is 3.54. The van der Waals surface area contributed by atoms with Crippen molar-refractivity contribution in [1.29, 1.82) is 0 Å². The zero-order chi connectivity index (χ0) is 9.52. The van der Waals surface area contributed by atoms with Crippen molar-refractivity contribution in [1.82, 2.24) is 0 Å². The van der Waals surface area contributed by atoms with Gasteiger partial charge in [0.05, 0.1) is 12.5 Å². The van der Waals surface area contributed by atoms with Gasteiger partial charge in [0.2, 0.25) is 0 Å². The molecule has 1 aliphatic rings. The van der Waals surface area contributed by atoms with Gasteiger partial charge in [-0.3, -0.25) is 4.79 Å². The summed E-state index contributed by atoms with van der Waals surface area (Å²) in [4.78, 5) is 11.4. The molecule has 1 rings (SSSR count). The third-order valence-electron chi connectivity index (χ3n) is 2.46. The largest absolute Gasteiger partial charge is 0.465 e. The summed E-state index contributed by atoms with van der Waals surface area (Å²) in [6.45, 7) is 0.485. The number of hydrogen-bond acceptors (Lipinski definition) is 2. The molecule has 0 atom stereocenters. The lowest BCUT2D eigenvalue weighted by Gasteiger charge is -2.19. The average Bonchev–Trinajstić information content (AvgIpc) is 2.19. The van der Waals surface area contributed by atoms with Gasteiger partial charge >= 0.3 is 5.97 Å². The molecule has 13 heavy (non-hydrogen) atoms. The summed E-state index contributed by atoms with van der Waals surface area (Å²) in [6, 6.07) is 0. The first kappa shape index (κ1) is 10.8. The molecule has 1 aliphatic carbocycles. The summed E-state index contributed by atoms with van der Waals surface area (Å²) in [5.41, 5.74) is 0. The minimum atomic E-state index is -0.00943. The summed E-state index contributed by atoms with van der Waals surface area (Å²) < 4.78 is 5.10. The van der Waals surface area contributed by atoms with Gasteiger partial charge in [0, 0.05) is 5.88 Å². The third kappa shape index (κ3) is 3.99. The van der Waals surface area contributed by atoms with Crippen LogP contribution in [-0.2, 0) is 9.53 Å². The van der Waals surface area contributed by atoms with Crippen LogP contribution in [0, 0.1) is 5.92 Å². The summed E-state index contributed by atoms with van der Waals surface area (Å²) in [7, 11) is 0. The summed E-state index contributed by atoms with van der Waals surface area (Å²) in [5, 5.41) is 0. The number of carbonyl (C=O) groups excluding carboxylic acids is 1. The van der Waals surface area contributed by atoms with Gasteiger partial charge in [0.1, 0.15) is 0 Å². The predicted molar refractivity (Wildman–Crippen MR) is 52.9 cm³/mol. The first-order chi connectivity index (χ1) is 6.34. The van der Waals surface area contributed by atoms with Crippen molar-refractivity contribution in [3.63, 3.8) is 0 Å². The molecule has 0 aromatic heterocycles. The van der Waals surface area contributed by atoms with Crippen LogP contribution in [0.3, 0.4) is 0 Å². The van der Waals surface area contributed by atoms with Crippen molar-refractivity contribution < 1.29 is 9.53 Å². The Labute approximate surface area is 84.6 Å². The molecule has 0 radical (unpaired) electrons. The summed E-state index contributed by atoms with van der Waals surface area (Å²) >= 11 is 5.48. The molecule has 2 nitrogen and oxygen atoms in total. The number of alkyl halides is 1. The standard InChI is InChI=1S/C10H17ClO2/c11-7-4-8-13-10(12)9-5-2-1-3-6-9/h9H,1-8H2. The van der Waals surface area contributed by atoms with Crippen LogP contribution in [-0.4, -0.2) is 18.5 Å². The van der Waals surface area contributed by atoms with E-state index < -0.39 is 0 Å². The van der Waals surface area contributed by atoms with E-state index in [1.165, 1.54) is 19.3 Å². The second-order valence-corrected chi connectivity index (χ2v) is 3.92. The zero-order valence-electron chi connectivity index (χ0n) is 7.93. The first-order valence-corrected chi connectivity index (χ1v) is 5.60. The molecule has 0 aliphatic heterocycles. The lowest BCUT2D eigenvalue weighted by molar-refractivity contribution is -0.149. The lowest BCUT2D eigenvalue weighted by atomic mass is 9.89. The van der Waals surface area contributed by atoms with Crippen LogP contribution >= 0.6 is 11.6 Å². The molecule has 0 aromatic carbocycles. The molecule has 0 bridgehead atoms. The number of hydrogen-bond donors (Lipinski definition) is 0. The number of esters is 1. The van der Waals surface area contributed by atoms with Crippen LogP contribution in [0.15, 0.2) is 0 Å². The maximum absolute atomic E-state index is 11.4. The fourth-order valence-corrected chi connectivity index (χ4v) is 1.79. The predicted octanol–water partition coefficient (Wildman–Crippen LogP) is 2.74. The topological polar surface area (TPSA) is 26.3 Å². The van der Waals surface area contributed by atoms with Crippen molar-refractivity contribution in [2.75, 3.05) is 12.5 Å². The molecule has 76 valence electrons. The number of ether oxygens (including phenoxy) is 1. The Morgan fingerprint density at radius 1 is 1.31 bits per heavy atom. The molecule has 1 saturated carbocycles. The van der Waals surface area contributed by atoms with Gasteiger partial charge in [0.25, 0.3) is 0 Å². The molecule has 0 N–H and O–H groups in total. The Bertz CT molecular complexity index is 153. The maximum atomic E-state index is 11.4. The highest BCUT2D eigenvalue weighted by Gasteiger charge is 2.21. The van der Waals surface area contributed by atoms with Crippen molar-refractivity contribution in [2.45, 2.75) is 38.5 Å². The summed E-state index contributed by atoms with van der Waals surface area (Å²) in [5.74, 6) is 0.728. The van der Waals surface area contributed by atoms with Gasteiger partial charge < -0.3 is 4.74 Å². The Hall–Kier alpha value is -0.240. The first-order valence-electron chi connectivity index (χ1n) is 5.07. The SMILES string of the molecule is O=C(OCCCCl)C1CCCCC1. The van der Waals surface area contributed by atoms with Crippen molar-refractivity contribution >= 4 is 17.6 Å². The van der Waals surface area contributed by atoms with E-state index in [0.29, 0.717) is 12.5 Å². The Balaban J connectivity index is 2.13. The molecule has 0 heterocycles. The Kier molecular flexibility index (Phi) is 5.21. The minimum absolute atomic E-state index is 0.00943. The van der Waals surface area contributed by atoms with Crippen LogP contribution in [0.4, 0.5) is 0 Å². The van der Waals surface area contributed by atoms with E-state index in [1.807, 2.05) is 0 Å². The monoisotopic (exact) mass is 204 g/mol. The van der Waals surface area contributed by atoms with E-state index in [1.54, 1.807) is 0 Å². The highest BCUT2D eigenvalue weighted by molar-refractivity contribution is 6.17. The minimum Gasteiger partial charge on any atom is -0.465 e. The zero-order valence-corrected chi connectivity index (χ0v) is 8.68. The molecular weight excluding hydrogens is 188 g/mol. The third-order valence-corrected chi connectivity index (χ3v) is 2.73. The normalized spacial score (nSPS) is 18.5. The molecule has 0 unspecified atom stereocenters. The van der Waals surface area contributed by atoms with E-state index in [4.69, 9.17) is 16.3 Å². The maximum Gasteiger partial charge on any atom is 0.308 e. The van der Waals surface area contributed by atoms with Gasteiger partial charge in [-0.25, -0.2) is 0 Å². The van der Waals surface area contributed by atoms with E-state index in [9.17, 15) is 4.79 Å². The van der Waals surface area contributed by atoms with Crippen LogP contribution in [0.5, 0.6) is 0 Å². The van der Waals surface area contributed by atoms with Gasteiger partial charge in [-0.1, -0.05) is 19.3 Å². The highest BCUT2D eigenvalue weighted by atomic mass is 35.5. The smallest absolute Gasteiger partial charge is 0.308 e. The quantitative estimate of drug-likeness (QED) is 0.400. The fourth-order valence-electron chi connectivity index (χ4n) is 1.68. The van der Waals surface area contributed by atoms with Crippen molar-refractivity contribution in [3.05, 3.63) is 0 Å². The van der Waals surface area contributed by atoms with Crippen LogP contribution in [0.1, 0.15) is 38.5 Å². The molecule has 0 saturated heterocycles. The van der Waals surface area contributed by atoms with E-state index in [-0.39, 0.29) is 11.9 Å². The van der Waals surface area contributed by atoms with Crippen LogP contribution in [0.2, 0.25) is 0 Å².